The van der Waals surface area contributed by atoms with Crippen molar-refractivity contribution in [3.8, 4) is 0 Å². The molecule has 5 nitrogen and oxygen atoms in total. The fraction of sp³-hybridized carbons (Fsp3) is 0.235. The third-order valence-electron chi connectivity index (χ3n) is 3.91. The molecule has 0 aromatic carbocycles. The smallest absolute Gasteiger partial charge is 0.157 e. The topological polar surface area (TPSA) is 62.7 Å². The Morgan fingerprint density at radius 3 is 3.08 bits per heavy atom. The number of aromatic nitrogens is 3. The summed E-state index contributed by atoms with van der Waals surface area (Å²) in [5.41, 5.74) is 1.97. The third kappa shape index (κ3) is 3.26. The van der Waals surface area contributed by atoms with Crippen molar-refractivity contribution in [2.75, 3.05) is 18.4 Å². The van der Waals surface area contributed by atoms with Crippen LogP contribution in [0.2, 0.25) is 5.15 Å². The lowest BCUT2D eigenvalue weighted by molar-refractivity contribution is 0.734. The summed E-state index contributed by atoms with van der Waals surface area (Å²) in [6.07, 6.45) is 4.79. The summed E-state index contributed by atoms with van der Waals surface area (Å²) in [6.45, 7) is 2.53. The van der Waals surface area contributed by atoms with Crippen molar-refractivity contribution in [2.24, 2.45) is 0 Å². The van der Waals surface area contributed by atoms with Gasteiger partial charge in [0.1, 0.15) is 11.0 Å². The zero-order valence-electron chi connectivity index (χ0n) is 12.9. The van der Waals surface area contributed by atoms with Gasteiger partial charge in [-0.05, 0) is 36.1 Å². The van der Waals surface area contributed by atoms with Gasteiger partial charge in [0.05, 0.1) is 18.3 Å². The third-order valence-corrected chi connectivity index (χ3v) is 4.99. The van der Waals surface area contributed by atoms with E-state index in [1.807, 2.05) is 12.1 Å². The molecule has 0 saturated heterocycles. The van der Waals surface area contributed by atoms with E-state index in [0.717, 1.165) is 48.6 Å². The van der Waals surface area contributed by atoms with Crippen LogP contribution in [0.5, 0.6) is 0 Å². The summed E-state index contributed by atoms with van der Waals surface area (Å²) in [5.74, 6) is 1.56. The molecule has 7 heteroatoms. The average Bonchev–Trinajstić information content (AvgIpc) is 3.14. The molecular formula is C17H16ClN5S. The highest BCUT2D eigenvalue weighted by atomic mass is 35.5. The predicted molar refractivity (Wildman–Crippen MR) is 99.5 cm³/mol. The Morgan fingerprint density at radius 1 is 1.33 bits per heavy atom. The molecule has 0 aliphatic carbocycles. The molecule has 1 aliphatic rings. The molecule has 0 spiro atoms. The van der Waals surface area contributed by atoms with E-state index in [1.54, 1.807) is 17.5 Å². The van der Waals surface area contributed by atoms with E-state index >= 15 is 0 Å². The van der Waals surface area contributed by atoms with Crippen LogP contribution >= 0.6 is 22.9 Å². The molecule has 3 aromatic heterocycles. The quantitative estimate of drug-likeness (QED) is 0.697. The Bertz CT molecular complexity index is 891. The van der Waals surface area contributed by atoms with Crippen LogP contribution in [0.25, 0.3) is 16.5 Å². The monoisotopic (exact) mass is 357 g/mol. The largest absolute Gasteiger partial charge is 0.365 e. The summed E-state index contributed by atoms with van der Waals surface area (Å²) in [4.78, 5) is 14.9. The molecule has 122 valence electrons. The highest BCUT2D eigenvalue weighted by molar-refractivity contribution is 7.09. The number of pyridine rings is 1. The summed E-state index contributed by atoms with van der Waals surface area (Å²) in [7, 11) is 0. The van der Waals surface area contributed by atoms with Gasteiger partial charge in [-0.25, -0.2) is 15.0 Å². The fourth-order valence-corrected chi connectivity index (χ4v) is 3.50. The van der Waals surface area contributed by atoms with Crippen LogP contribution in [0.3, 0.4) is 0 Å². The second kappa shape index (κ2) is 6.84. The summed E-state index contributed by atoms with van der Waals surface area (Å²) < 4.78 is 0. The number of hydrogen-bond donors (Lipinski definition) is 2. The molecule has 0 unspecified atom stereocenters. The van der Waals surface area contributed by atoms with Crippen molar-refractivity contribution in [3.05, 3.63) is 51.7 Å². The zero-order chi connectivity index (χ0) is 16.4. The number of nitrogens with zero attached hydrogens (tertiary/aromatic N) is 3. The van der Waals surface area contributed by atoms with Crippen molar-refractivity contribution in [3.63, 3.8) is 0 Å². The van der Waals surface area contributed by atoms with E-state index in [2.05, 4.69) is 38.1 Å². The van der Waals surface area contributed by atoms with Gasteiger partial charge in [-0.3, -0.25) is 0 Å². The van der Waals surface area contributed by atoms with Crippen molar-refractivity contribution < 1.29 is 0 Å². The van der Waals surface area contributed by atoms with Crippen molar-refractivity contribution in [1.29, 1.82) is 0 Å². The predicted octanol–water partition coefficient (Wildman–Crippen LogP) is 3.73. The minimum absolute atomic E-state index is 0.444. The fourth-order valence-electron chi connectivity index (χ4n) is 2.69. The molecule has 0 saturated carbocycles. The van der Waals surface area contributed by atoms with E-state index < -0.39 is 0 Å². The lowest BCUT2D eigenvalue weighted by Gasteiger charge is -2.15. The van der Waals surface area contributed by atoms with E-state index in [4.69, 9.17) is 16.6 Å². The average molecular weight is 358 g/mol. The Hall–Kier alpha value is -2.02. The first-order valence-corrected chi connectivity index (χ1v) is 9.05. The molecular weight excluding hydrogens is 342 g/mol. The van der Waals surface area contributed by atoms with Gasteiger partial charge in [-0.15, -0.1) is 11.3 Å². The zero-order valence-corrected chi connectivity index (χ0v) is 14.5. The lowest BCUT2D eigenvalue weighted by atomic mass is 10.1. The normalized spacial score (nSPS) is 14.6. The van der Waals surface area contributed by atoms with Gasteiger partial charge >= 0.3 is 0 Å². The molecule has 24 heavy (non-hydrogen) atoms. The number of hydrogen-bond acceptors (Lipinski definition) is 6. The van der Waals surface area contributed by atoms with Crippen LogP contribution in [-0.2, 0) is 6.54 Å². The first-order valence-electron chi connectivity index (χ1n) is 7.79. The molecule has 0 bridgehead atoms. The summed E-state index contributed by atoms with van der Waals surface area (Å²) in [6, 6.07) is 5.96. The lowest BCUT2D eigenvalue weighted by Crippen LogP contribution is -2.20. The van der Waals surface area contributed by atoms with E-state index in [1.165, 1.54) is 10.5 Å². The van der Waals surface area contributed by atoms with Crippen LogP contribution < -0.4 is 10.6 Å². The number of thiophene rings is 1. The van der Waals surface area contributed by atoms with Gasteiger partial charge in [-0.2, -0.15) is 0 Å². The minimum atomic E-state index is 0.444. The Kier molecular flexibility index (Phi) is 4.42. The second-order valence-corrected chi connectivity index (χ2v) is 6.96. The first kappa shape index (κ1) is 15.5. The maximum Gasteiger partial charge on any atom is 0.157 e. The van der Waals surface area contributed by atoms with Crippen molar-refractivity contribution in [2.45, 2.75) is 13.0 Å². The Balaban J connectivity index is 1.75. The molecule has 0 atom stereocenters. The number of nitrogens with one attached hydrogen (secondary N) is 2. The molecule has 4 rings (SSSR count). The first-order chi connectivity index (χ1) is 11.8. The van der Waals surface area contributed by atoms with E-state index in [-0.39, 0.29) is 0 Å². The minimum Gasteiger partial charge on any atom is -0.365 e. The van der Waals surface area contributed by atoms with Gasteiger partial charge in [0.2, 0.25) is 0 Å². The van der Waals surface area contributed by atoms with Gasteiger partial charge in [0, 0.05) is 16.8 Å². The van der Waals surface area contributed by atoms with E-state index in [0.29, 0.717) is 5.15 Å². The van der Waals surface area contributed by atoms with Gasteiger partial charge in [0.15, 0.2) is 5.82 Å². The van der Waals surface area contributed by atoms with Crippen LogP contribution in [0, 0.1) is 0 Å². The van der Waals surface area contributed by atoms with Crippen LogP contribution in [0.4, 0.5) is 5.82 Å². The molecule has 3 aromatic rings. The van der Waals surface area contributed by atoms with Gasteiger partial charge < -0.3 is 10.6 Å². The highest BCUT2D eigenvalue weighted by Crippen LogP contribution is 2.26. The Labute approximate surface area is 148 Å². The molecule has 4 heterocycles. The number of rotatable bonds is 4. The van der Waals surface area contributed by atoms with Gasteiger partial charge in [0.25, 0.3) is 0 Å². The van der Waals surface area contributed by atoms with Crippen molar-refractivity contribution in [1.82, 2.24) is 20.3 Å². The SMILES string of the molecule is Clc1cc2c(NCc3cccs3)nc(C3=CCNCC3)nc2cn1. The molecule has 2 N–H and O–H groups in total. The van der Waals surface area contributed by atoms with Gasteiger partial charge in [-0.1, -0.05) is 23.7 Å². The number of fused-ring (bicyclic) bond motifs is 1. The molecule has 1 aliphatic heterocycles. The Morgan fingerprint density at radius 2 is 2.29 bits per heavy atom. The number of halogens is 1. The maximum atomic E-state index is 6.07. The molecule has 0 amide bonds. The van der Waals surface area contributed by atoms with Crippen LogP contribution in [0.1, 0.15) is 17.1 Å². The van der Waals surface area contributed by atoms with E-state index in [9.17, 15) is 0 Å². The number of anilines is 1. The highest BCUT2D eigenvalue weighted by Gasteiger charge is 2.14. The summed E-state index contributed by atoms with van der Waals surface area (Å²) in [5, 5.41) is 10.1. The van der Waals surface area contributed by atoms with Crippen molar-refractivity contribution >= 4 is 45.2 Å². The molecule has 0 fully saturated rings. The maximum absolute atomic E-state index is 6.07. The summed E-state index contributed by atoms with van der Waals surface area (Å²) >= 11 is 7.79. The van der Waals surface area contributed by atoms with Crippen LogP contribution in [0.15, 0.2) is 35.9 Å². The standard InChI is InChI=1S/C17H16ClN5S/c18-15-8-13-14(10-20-15)22-16(11-3-5-19-6-4-11)23-17(13)21-9-12-2-1-7-24-12/h1-3,7-8,10,19H,4-6,9H2,(H,21,22,23). The van der Waals surface area contributed by atoms with Crippen LogP contribution in [-0.4, -0.2) is 28.0 Å². The molecule has 0 radical (unpaired) electrons. The second-order valence-electron chi connectivity index (χ2n) is 5.54.